The molecule has 0 aromatic carbocycles. The average Bonchev–Trinajstić information content (AvgIpc) is 2.31. The summed E-state index contributed by atoms with van der Waals surface area (Å²) in [6.45, 7) is 4.14. The highest BCUT2D eigenvalue weighted by Crippen LogP contribution is 2.09. The zero-order chi connectivity index (χ0) is 8.60. The summed E-state index contributed by atoms with van der Waals surface area (Å²) in [5.74, 6) is 0. The van der Waals surface area contributed by atoms with Crippen LogP contribution in [0.2, 0.25) is 0 Å². The predicted octanol–water partition coefficient (Wildman–Crippen LogP) is 0.704. The molecule has 62 valence electrons. The average molecular weight is 161 g/mol. The van der Waals surface area contributed by atoms with E-state index >= 15 is 0 Å². The zero-order valence-electron chi connectivity index (χ0n) is 7.24. The smallest absolute Gasteiger partial charge is 0.135 e. The van der Waals surface area contributed by atoms with Gasteiger partial charge in [0.2, 0.25) is 0 Å². The number of hydrogen-bond acceptors (Lipinski definition) is 2. The lowest BCUT2D eigenvalue weighted by molar-refractivity contribution is 0.531. The van der Waals surface area contributed by atoms with E-state index in [4.69, 9.17) is 4.42 Å². The van der Waals surface area contributed by atoms with Gasteiger partial charge in [-0.2, -0.15) is 0 Å². The minimum Gasteiger partial charge on any atom is -0.464 e. The van der Waals surface area contributed by atoms with Crippen LogP contribution in [0.1, 0.15) is 13.8 Å². The monoisotopic (exact) mass is 161 g/mol. The van der Waals surface area contributed by atoms with Gasteiger partial charge in [0, 0.05) is 11.4 Å². The first-order chi connectivity index (χ1) is 5.67. The van der Waals surface area contributed by atoms with Gasteiger partial charge < -0.3 is 4.42 Å². The highest BCUT2D eigenvalue weighted by atomic mass is 16.3. The normalized spacial score (nSPS) is 18.8. The van der Waals surface area contributed by atoms with Crippen LogP contribution in [0.3, 0.4) is 0 Å². The molecule has 0 unspecified atom stereocenters. The first kappa shape index (κ1) is 7.35. The van der Waals surface area contributed by atoms with Crippen molar-refractivity contribution in [2.45, 2.75) is 19.4 Å². The summed E-state index contributed by atoms with van der Waals surface area (Å²) in [6.07, 6.45) is 7.49. The molecule has 0 N–H and O–H groups in total. The third-order valence-corrected chi connectivity index (χ3v) is 1.87. The van der Waals surface area contributed by atoms with E-state index in [1.165, 1.54) is 0 Å². The van der Waals surface area contributed by atoms with Crippen molar-refractivity contribution in [2.75, 3.05) is 0 Å². The van der Waals surface area contributed by atoms with Gasteiger partial charge in [-0.15, -0.1) is 0 Å². The number of furan rings is 1. The highest BCUT2D eigenvalue weighted by Gasteiger charge is 2.11. The van der Waals surface area contributed by atoms with Gasteiger partial charge in [0.05, 0.1) is 11.8 Å². The molecule has 1 aromatic rings. The molecule has 0 atom stereocenters. The molecule has 2 heterocycles. The zero-order valence-corrected chi connectivity index (χ0v) is 7.24. The van der Waals surface area contributed by atoms with E-state index in [1.54, 1.807) is 12.5 Å². The van der Waals surface area contributed by atoms with Gasteiger partial charge in [-0.05, 0) is 32.1 Å². The van der Waals surface area contributed by atoms with E-state index in [0.29, 0.717) is 0 Å². The summed E-state index contributed by atoms with van der Waals surface area (Å²) in [6, 6.07) is 1.96. The number of hydrogen-bond donors (Lipinski definition) is 0. The lowest BCUT2D eigenvalue weighted by Gasteiger charge is -2.11. The van der Waals surface area contributed by atoms with Crippen molar-refractivity contribution in [2.24, 2.45) is 4.99 Å². The first-order valence-corrected chi connectivity index (χ1v) is 3.99. The van der Waals surface area contributed by atoms with E-state index in [0.717, 1.165) is 10.6 Å². The van der Waals surface area contributed by atoms with Crippen molar-refractivity contribution in [3.05, 3.63) is 23.0 Å². The summed E-state index contributed by atoms with van der Waals surface area (Å²) < 4.78 is 5.25. The fourth-order valence-electron chi connectivity index (χ4n) is 1.30. The Morgan fingerprint density at radius 2 is 2.25 bits per heavy atom. The van der Waals surface area contributed by atoms with Gasteiger partial charge in [0.1, 0.15) is 5.42 Å². The topological polar surface area (TPSA) is 25.5 Å². The highest BCUT2D eigenvalue weighted by molar-refractivity contribution is 5.91. The molecule has 0 saturated carbocycles. The molecular weight excluding hydrogens is 150 g/mol. The van der Waals surface area contributed by atoms with Crippen molar-refractivity contribution in [3.8, 4) is 0 Å². The molecule has 0 amide bonds. The molecule has 0 spiro atoms. The minimum atomic E-state index is -0.119. The van der Waals surface area contributed by atoms with Crippen LogP contribution in [-0.4, -0.2) is 11.8 Å². The third kappa shape index (κ3) is 1.20. The van der Waals surface area contributed by atoms with Crippen molar-refractivity contribution in [1.82, 2.24) is 0 Å². The van der Waals surface area contributed by atoms with Gasteiger partial charge in [-0.3, -0.25) is 4.99 Å². The second-order valence-corrected chi connectivity index (χ2v) is 3.48. The van der Waals surface area contributed by atoms with Crippen LogP contribution in [-0.2, 0) is 0 Å². The third-order valence-electron chi connectivity index (χ3n) is 1.87. The summed E-state index contributed by atoms with van der Waals surface area (Å²) in [7, 11) is 0. The molecule has 0 bridgehead atoms. The molecule has 0 aliphatic carbocycles. The van der Waals surface area contributed by atoms with E-state index < -0.39 is 0 Å². The fourth-order valence-corrected chi connectivity index (χ4v) is 1.30. The number of fused-ring (bicyclic) bond motifs is 1. The van der Waals surface area contributed by atoms with Crippen LogP contribution in [0.25, 0.3) is 12.2 Å². The minimum absolute atomic E-state index is 0.119. The number of nitrogens with zero attached hydrogens (tertiary/aromatic N) is 1. The lowest BCUT2D eigenvalue weighted by atomic mass is 10.1. The fraction of sp³-hybridized carbons (Fsp3) is 0.300. The SMILES string of the molecule is CC1(C)C=c2ccoc2=CC=N1. The van der Waals surface area contributed by atoms with Crippen LogP contribution in [0, 0.1) is 0 Å². The summed E-state index contributed by atoms with van der Waals surface area (Å²) in [5.41, 5.74) is 0.773. The van der Waals surface area contributed by atoms with E-state index in [9.17, 15) is 0 Å². The summed E-state index contributed by atoms with van der Waals surface area (Å²) in [4.78, 5) is 4.35. The second-order valence-electron chi connectivity index (χ2n) is 3.48. The Kier molecular flexibility index (Phi) is 1.43. The summed E-state index contributed by atoms with van der Waals surface area (Å²) in [5, 5.41) is 1.12. The maximum Gasteiger partial charge on any atom is 0.135 e. The maximum atomic E-state index is 5.25. The van der Waals surface area contributed by atoms with E-state index in [1.807, 2.05) is 12.1 Å². The molecule has 1 aromatic heterocycles. The first-order valence-electron chi connectivity index (χ1n) is 3.99. The Balaban J connectivity index is 2.75. The molecule has 0 radical (unpaired) electrons. The summed E-state index contributed by atoms with van der Waals surface area (Å²) >= 11 is 0. The van der Waals surface area contributed by atoms with Gasteiger partial charge in [0.25, 0.3) is 0 Å². The van der Waals surface area contributed by atoms with Crippen molar-refractivity contribution in [3.63, 3.8) is 0 Å². The Hall–Kier alpha value is -1.31. The predicted molar refractivity (Wildman–Crippen MR) is 49.5 cm³/mol. The van der Waals surface area contributed by atoms with Gasteiger partial charge in [-0.25, -0.2) is 0 Å². The van der Waals surface area contributed by atoms with Crippen molar-refractivity contribution >= 4 is 18.4 Å². The van der Waals surface area contributed by atoms with E-state index in [-0.39, 0.29) is 5.54 Å². The molecule has 2 rings (SSSR count). The van der Waals surface area contributed by atoms with Crippen molar-refractivity contribution < 1.29 is 4.42 Å². The van der Waals surface area contributed by atoms with Crippen LogP contribution >= 0.6 is 0 Å². The van der Waals surface area contributed by atoms with Crippen LogP contribution in [0.15, 0.2) is 21.7 Å². The van der Waals surface area contributed by atoms with Crippen LogP contribution in [0.4, 0.5) is 0 Å². The van der Waals surface area contributed by atoms with Gasteiger partial charge in [-0.1, -0.05) is 0 Å². The quantitative estimate of drug-likeness (QED) is 0.550. The lowest BCUT2D eigenvalue weighted by Crippen LogP contribution is -2.23. The Morgan fingerprint density at radius 1 is 1.42 bits per heavy atom. The Labute approximate surface area is 70.9 Å². The molecule has 1 aliphatic heterocycles. The molecule has 0 saturated heterocycles. The van der Waals surface area contributed by atoms with E-state index in [2.05, 4.69) is 24.9 Å². The Morgan fingerprint density at radius 3 is 3.08 bits per heavy atom. The standard InChI is InChI=1S/C10H11NO/c1-10(2)7-8-4-6-12-9(8)3-5-11-10/h3-7H,1-2H3. The second kappa shape index (κ2) is 2.34. The molecule has 2 heteroatoms. The van der Waals surface area contributed by atoms with Crippen LogP contribution < -0.4 is 10.6 Å². The number of aliphatic imine (C=N–C) groups is 1. The molecule has 1 aliphatic rings. The molecule has 12 heavy (non-hydrogen) atoms. The Bertz CT molecular complexity index is 423. The molecule has 0 fully saturated rings. The molecular formula is C10H11NO. The maximum absolute atomic E-state index is 5.25. The van der Waals surface area contributed by atoms with Gasteiger partial charge >= 0.3 is 0 Å². The largest absolute Gasteiger partial charge is 0.464 e. The molecule has 2 nitrogen and oxygen atoms in total. The number of rotatable bonds is 0. The van der Waals surface area contributed by atoms with Gasteiger partial charge in [0.15, 0.2) is 0 Å². The van der Waals surface area contributed by atoms with Crippen LogP contribution in [0.5, 0.6) is 0 Å². The van der Waals surface area contributed by atoms with Crippen molar-refractivity contribution in [1.29, 1.82) is 0 Å².